The number of para-hydroxylation sites is 1. The molecule has 8 heteroatoms. The second-order valence-corrected chi connectivity index (χ2v) is 8.49. The molecule has 1 aliphatic rings. The van der Waals surface area contributed by atoms with E-state index in [4.69, 9.17) is 9.47 Å². The average Bonchev–Trinajstić information content (AvgIpc) is 3.36. The van der Waals surface area contributed by atoms with Crippen molar-refractivity contribution in [3.63, 3.8) is 0 Å². The normalized spacial score (nSPS) is 18.5. The maximum absolute atomic E-state index is 13.6. The van der Waals surface area contributed by atoms with E-state index >= 15 is 0 Å². The highest BCUT2D eigenvalue weighted by Crippen LogP contribution is 2.44. The zero-order valence-corrected chi connectivity index (χ0v) is 18.9. The fraction of sp³-hybridized carbons (Fsp3) is 0.435. The van der Waals surface area contributed by atoms with Crippen LogP contribution in [0.1, 0.15) is 30.4 Å². The standard InChI is InChI=1S/C23H28N2O5S/c1-24(15-17-9-12-31-16-17)20(26)13-23(18-7-4-5-8-19(18)30-3)14-21(27)25(22(23)28)10-6-11-29-2/h4-5,7-9,12,16H,6,10-11,13-15H2,1-3H3. The lowest BCUT2D eigenvalue weighted by Gasteiger charge is -2.30. The molecule has 2 heterocycles. The van der Waals surface area contributed by atoms with Gasteiger partial charge in [-0.2, -0.15) is 11.3 Å². The molecule has 0 bridgehead atoms. The van der Waals surface area contributed by atoms with E-state index in [0.29, 0.717) is 30.9 Å². The van der Waals surface area contributed by atoms with E-state index in [-0.39, 0.29) is 37.1 Å². The minimum Gasteiger partial charge on any atom is -0.496 e. The Morgan fingerprint density at radius 1 is 1.23 bits per heavy atom. The van der Waals surface area contributed by atoms with Gasteiger partial charge in [0.1, 0.15) is 5.75 Å². The van der Waals surface area contributed by atoms with Gasteiger partial charge in [-0.15, -0.1) is 0 Å². The number of hydrogen-bond acceptors (Lipinski definition) is 6. The van der Waals surface area contributed by atoms with E-state index in [1.807, 2.05) is 16.8 Å². The zero-order valence-electron chi connectivity index (χ0n) is 18.1. The van der Waals surface area contributed by atoms with Gasteiger partial charge in [-0.25, -0.2) is 0 Å². The molecule has 7 nitrogen and oxygen atoms in total. The molecule has 1 aromatic carbocycles. The number of rotatable bonds is 10. The molecule has 1 unspecified atom stereocenters. The van der Waals surface area contributed by atoms with Crippen molar-refractivity contribution in [2.24, 2.45) is 0 Å². The molecule has 2 aromatic rings. The highest BCUT2D eigenvalue weighted by Gasteiger charge is 2.54. The Labute approximate surface area is 186 Å². The summed E-state index contributed by atoms with van der Waals surface area (Å²) in [5.74, 6) is -0.330. The fourth-order valence-electron chi connectivity index (χ4n) is 4.02. The molecule has 0 radical (unpaired) electrons. The molecule has 1 saturated heterocycles. The highest BCUT2D eigenvalue weighted by molar-refractivity contribution is 7.07. The first-order chi connectivity index (χ1) is 14.9. The zero-order chi connectivity index (χ0) is 22.4. The minimum atomic E-state index is -1.28. The van der Waals surface area contributed by atoms with Crippen LogP contribution in [0.5, 0.6) is 5.75 Å². The van der Waals surface area contributed by atoms with Crippen molar-refractivity contribution < 1.29 is 23.9 Å². The molecule has 1 aromatic heterocycles. The lowest BCUT2D eigenvalue weighted by atomic mass is 9.75. The first-order valence-corrected chi connectivity index (χ1v) is 11.1. The first-order valence-electron chi connectivity index (χ1n) is 10.1. The van der Waals surface area contributed by atoms with Crippen molar-refractivity contribution in [3.05, 3.63) is 52.2 Å². The fourth-order valence-corrected chi connectivity index (χ4v) is 4.68. The molecule has 0 spiro atoms. The number of hydrogen-bond donors (Lipinski definition) is 0. The third-order valence-electron chi connectivity index (χ3n) is 5.64. The molecule has 3 amide bonds. The van der Waals surface area contributed by atoms with Gasteiger partial charge in [0.05, 0.1) is 12.5 Å². The maximum atomic E-state index is 13.6. The van der Waals surface area contributed by atoms with Gasteiger partial charge in [0, 0.05) is 52.3 Å². The van der Waals surface area contributed by atoms with E-state index in [2.05, 4.69) is 0 Å². The van der Waals surface area contributed by atoms with Gasteiger partial charge in [-0.05, 0) is 34.9 Å². The number of thiophene rings is 1. The predicted molar refractivity (Wildman–Crippen MR) is 118 cm³/mol. The Balaban J connectivity index is 1.93. The molecule has 1 aliphatic heterocycles. The van der Waals surface area contributed by atoms with Crippen LogP contribution < -0.4 is 4.74 Å². The van der Waals surface area contributed by atoms with Crippen molar-refractivity contribution in [2.75, 3.05) is 34.4 Å². The maximum Gasteiger partial charge on any atom is 0.241 e. The summed E-state index contributed by atoms with van der Waals surface area (Å²) in [6.45, 7) is 1.16. The number of benzene rings is 1. The molecule has 0 aliphatic carbocycles. The largest absolute Gasteiger partial charge is 0.496 e. The van der Waals surface area contributed by atoms with Crippen molar-refractivity contribution in [2.45, 2.75) is 31.2 Å². The third-order valence-corrected chi connectivity index (χ3v) is 6.37. The summed E-state index contributed by atoms with van der Waals surface area (Å²) in [4.78, 5) is 42.6. The summed E-state index contributed by atoms with van der Waals surface area (Å²) in [7, 11) is 4.82. The Kier molecular flexibility index (Phi) is 7.46. The van der Waals surface area contributed by atoms with Crippen molar-refractivity contribution in [3.8, 4) is 5.75 Å². The molecular formula is C23H28N2O5S. The van der Waals surface area contributed by atoms with Gasteiger partial charge in [0.25, 0.3) is 0 Å². The molecule has 0 N–H and O–H groups in total. The molecule has 166 valence electrons. The minimum absolute atomic E-state index is 0.0583. The van der Waals surface area contributed by atoms with Crippen molar-refractivity contribution in [1.29, 1.82) is 0 Å². The Hall–Kier alpha value is -2.71. The molecule has 3 rings (SSSR count). The van der Waals surface area contributed by atoms with Crippen LogP contribution in [0.25, 0.3) is 0 Å². The van der Waals surface area contributed by atoms with Crippen LogP contribution >= 0.6 is 11.3 Å². The number of carbonyl (C=O) groups excluding carboxylic acids is 3. The number of likely N-dealkylation sites (tertiary alicyclic amines) is 1. The van der Waals surface area contributed by atoms with Gasteiger partial charge in [-0.3, -0.25) is 19.3 Å². The van der Waals surface area contributed by atoms with Crippen LogP contribution in [0.15, 0.2) is 41.1 Å². The van der Waals surface area contributed by atoms with Crippen molar-refractivity contribution in [1.82, 2.24) is 9.80 Å². The van der Waals surface area contributed by atoms with Crippen LogP contribution in [-0.4, -0.2) is 61.9 Å². The topological polar surface area (TPSA) is 76.2 Å². The lowest BCUT2D eigenvalue weighted by molar-refractivity contribution is -0.142. The number of imide groups is 1. The van der Waals surface area contributed by atoms with Gasteiger partial charge >= 0.3 is 0 Å². The summed E-state index contributed by atoms with van der Waals surface area (Å²) in [6.07, 6.45) is 0.387. The van der Waals surface area contributed by atoms with E-state index in [1.54, 1.807) is 54.7 Å². The van der Waals surface area contributed by atoms with E-state index in [0.717, 1.165) is 5.56 Å². The summed E-state index contributed by atoms with van der Waals surface area (Å²) >= 11 is 1.57. The van der Waals surface area contributed by atoms with Crippen molar-refractivity contribution >= 4 is 29.1 Å². The molecule has 1 fully saturated rings. The van der Waals surface area contributed by atoms with Crippen LogP contribution in [0.2, 0.25) is 0 Å². The van der Waals surface area contributed by atoms with Crippen LogP contribution in [-0.2, 0) is 31.1 Å². The predicted octanol–water partition coefficient (Wildman–Crippen LogP) is 2.84. The lowest BCUT2D eigenvalue weighted by Crippen LogP contribution is -2.43. The third kappa shape index (κ3) is 4.80. The SMILES string of the molecule is COCCCN1C(=O)CC(CC(=O)N(C)Cc2ccsc2)(c2ccccc2OC)C1=O. The summed E-state index contributed by atoms with van der Waals surface area (Å²) < 4.78 is 10.6. The quantitative estimate of drug-likeness (QED) is 0.416. The van der Waals surface area contributed by atoms with Gasteiger partial charge in [0.15, 0.2) is 0 Å². The first kappa shape index (κ1) is 23.0. The molecule has 0 saturated carbocycles. The second kappa shape index (κ2) is 10.1. The molecule has 1 atom stereocenters. The Bertz CT molecular complexity index is 930. The monoisotopic (exact) mass is 444 g/mol. The second-order valence-electron chi connectivity index (χ2n) is 7.71. The van der Waals surface area contributed by atoms with E-state index in [9.17, 15) is 14.4 Å². The number of amides is 3. The number of methoxy groups -OCH3 is 2. The van der Waals surface area contributed by atoms with Crippen LogP contribution in [0.4, 0.5) is 0 Å². The van der Waals surface area contributed by atoms with E-state index in [1.165, 1.54) is 12.0 Å². The summed E-state index contributed by atoms with van der Waals surface area (Å²) in [5, 5.41) is 3.95. The van der Waals surface area contributed by atoms with Gasteiger partial charge in [-0.1, -0.05) is 18.2 Å². The van der Waals surface area contributed by atoms with Gasteiger partial charge < -0.3 is 14.4 Å². The van der Waals surface area contributed by atoms with Crippen LogP contribution in [0, 0.1) is 0 Å². The Morgan fingerprint density at radius 2 is 2.00 bits per heavy atom. The number of carbonyl (C=O) groups is 3. The van der Waals surface area contributed by atoms with Crippen LogP contribution in [0.3, 0.4) is 0 Å². The highest BCUT2D eigenvalue weighted by atomic mass is 32.1. The number of nitrogens with zero attached hydrogens (tertiary/aromatic N) is 2. The van der Waals surface area contributed by atoms with Gasteiger partial charge in [0.2, 0.25) is 17.7 Å². The Morgan fingerprint density at radius 3 is 2.68 bits per heavy atom. The molecule has 31 heavy (non-hydrogen) atoms. The van der Waals surface area contributed by atoms with E-state index < -0.39 is 5.41 Å². The molecular weight excluding hydrogens is 416 g/mol. The number of ether oxygens (including phenoxy) is 2. The average molecular weight is 445 g/mol. The summed E-state index contributed by atoms with van der Waals surface area (Å²) in [6, 6.07) is 9.09. The smallest absolute Gasteiger partial charge is 0.241 e. The summed E-state index contributed by atoms with van der Waals surface area (Å²) in [5.41, 5.74) is 0.320.